The Bertz CT molecular complexity index is 1190. The molecule has 0 amide bonds. The Morgan fingerprint density at radius 2 is 1.87 bits per heavy atom. The number of hydrogen-bond acceptors (Lipinski definition) is 4. The van der Waals surface area contributed by atoms with E-state index in [9.17, 15) is 32.6 Å². The molecule has 10 heteroatoms. The van der Waals surface area contributed by atoms with Gasteiger partial charge in [-0.3, -0.25) is 9.78 Å². The van der Waals surface area contributed by atoms with Gasteiger partial charge in [0.15, 0.2) is 5.60 Å². The zero-order valence-corrected chi connectivity index (χ0v) is 17.3. The fraction of sp³-hybridized carbons (Fsp3) is 0.333. The molecular weight excluding hydrogens is 440 g/mol. The Morgan fingerprint density at radius 3 is 2.52 bits per heavy atom. The van der Waals surface area contributed by atoms with Crippen LogP contribution in [0, 0.1) is 5.82 Å². The first-order valence-electron chi connectivity index (χ1n) is 9.16. The van der Waals surface area contributed by atoms with Gasteiger partial charge in [0.2, 0.25) is 5.43 Å². The lowest BCUT2D eigenvalue weighted by Crippen LogP contribution is -2.52. The summed E-state index contributed by atoms with van der Waals surface area (Å²) in [6.07, 6.45) is -2.50. The molecule has 2 aromatic heterocycles. The fourth-order valence-electron chi connectivity index (χ4n) is 3.74. The van der Waals surface area contributed by atoms with E-state index in [4.69, 9.17) is 11.6 Å². The number of aliphatic hydroxyl groups is 1. The molecule has 0 saturated heterocycles. The first kappa shape index (κ1) is 23.0. The molecule has 1 atom stereocenters. The predicted octanol–water partition coefficient (Wildman–Crippen LogP) is 4.56. The van der Waals surface area contributed by atoms with Crippen LogP contribution < -0.4 is 5.43 Å². The first-order chi connectivity index (χ1) is 14.2. The van der Waals surface area contributed by atoms with Crippen molar-refractivity contribution in [2.24, 2.45) is 0 Å². The number of aromatic nitrogens is 2. The summed E-state index contributed by atoms with van der Waals surface area (Å²) in [6.45, 7) is 1.73. The molecule has 2 N–H and O–H groups in total. The molecule has 0 aliphatic rings. The van der Waals surface area contributed by atoms with Gasteiger partial charge in [-0.15, -0.1) is 0 Å². The smallest absolute Gasteiger partial charge is 0.418 e. The zero-order chi connectivity index (χ0) is 23.2. The number of pyridine rings is 2. The number of halogens is 5. The lowest BCUT2D eigenvalue weighted by atomic mass is 9.74. The van der Waals surface area contributed by atoms with Gasteiger partial charge in [0, 0.05) is 24.2 Å². The van der Waals surface area contributed by atoms with Crippen LogP contribution in [0.3, 0.4) is 0 Å². The summed E-state index contributed by atoms with van der Waals surface area (Å²) >= 11 is 5.90. The molecule has 0 bridgehead atoms. The molecule has 31 heavy (non-hydrogen) atoms. The van der Waals surface area contributed by atoms with Crippen LogP contribution in [0.2, 0.25) is 5.02 Å². The highest BCUT2D eigenvalue weighted by Crippen LogP contribution is 2.44. The highest BCUT2D eigenvalue weighted by Gasteiger charge is 2.56. The molecule has 1 aromatic carbocycles. The SMILES string of the molecule is CC(C)(CC(O)(Cn1cc(Cl)c(=O)c2cnccc21)C(F)(F)F)c1cc(F)ccc1O. The van der Waals surface area contributed by atoms with Crippen LogP contribution in [-0.4, -0.2) is 31.5 Å². The summed E-state index contributed by atoms with van der Waals surface area (Å²) in [5.74, 6) is -1.12. The van der Waals surface area contributed by atoms with E-state index < -0.39 is 41.4 Å². The first-order valence-corrected chi connectivity index (χ1v) is 9.54. The number of fused-ring (bicyclic) bond motifs is 1. The van der Waals surface area contributed by atoms with Crippen molar-refractivity contribution >= 4 is 22.5 Å². The minimum atomic E-state index is -5.10. The average molecular weight is 459 g/mol. The number of hydrogen-bond donors (Lipinski definition) is 2. The number of rotatable bonds is 5. The van der Waals surface area contributed by atoms with Gasteiger partial charge in [-0.2, -0.15) is 13.2 Å². The molecule has 0 saturated carbocycles. The third kappa shape index (κ3) is 4.38. The van der Waals surface area contributed by atoms with Crippen LogP contribution in [0.5, 0.6) is 5.75 Å². The summed E-state index contributed by atoms with van der Waals surface area (Å²) in [4.78, 5) is 16.0. The Labute approximate surface area is 179 Å². The van der Waals surface area contributed by atoms with Gasteiger partial charge in [0.05, 0.1) is 17.4 Å². The average Bonchev–Trinajstić information content (AvgIpc) is 2.66. The van der Waals surface area contributed by atoms with Crippen LogP contribution >= 0.6 is 11.6 Å². The van der Waals surface area contributed by atoms with Crippen molar-refractivity contribution in [2.45, 2.75) is 44.0 Å². The molecule has 0 radical (unpaired) electrons. The second kappa shape index (κ2) is 7.80. The number of nitrogens with zero attached hydrogens (tertiary/aromatic N) is 2. The third-order valence-electron chi connectivity index (χ3n) is 5.22. The van der Waals surface area contributed by atoms with Gasteiger partial charge in [-0.05, 0) is 36.1 Å². The van der Waals surface area contributed by atoms with Crippen LogP contribution in [-0.2, 0) is 12.0 Å². The molecule has 3 rings (SSSR count). The molecule has 0 spiro atoms. The molecule has 166 valence electrons. The second-order valence-corrected chi connectivity index (χ2v) is 8.49. The number of phenols is 1. The maximum Gasteiger partial charge on any atom is 0.418 e. The molecule has 5 nitrogen and oxygen atoms in total. The highest BCUT2D eigenvalue weighted by molar-refractivity contribution is 6.31. The van der Waals surface area contributed by atoms with E-state index in [1.165, 1.54) is 32.3 Å². The molecule has 0 aliphatic heterocycles. The Kier molecular flexibility index (Phi) is 5.79. The van der Waals surface area contributed by atoms with Crippen molar-refractivity contribution in [1.29, 1.82) is 0 Å². The number of aromatic hydroxyl groups is 1. The van der Waals surface area contributed by atoms with Crippen molar-refractivity contribution in [3.05, 3.63) is 69.5 Å². The van der Waals surface area contributed by atoms with E-state index in [2.05, 4.69) is 4.98 Å². The van der Waals surface area contributed by atoms with Gasteiger partial charge < -0.3 is 14.8 Å². The second-order valence-electron chi connectivity index (χ2n) is 8.08. The molecule has 3 aromatic rings. The Balaban J connectivity index is 2.11. The van der Waals surface area contributed by atoms with Crippen LogP contribution in [0.1, 0.15) is 25.8 Å². The van der Waals surface area contributed by atoms with Gasteiger partial charge >= 0.3 is 6.18 Å². The Hall–Kier alpha value is -2.65. The van der Waals surface area contributed by atoms with E-state index in [0.717, 1.165) is 29.0 Å². The number of alkyl halides is 3. The zero-order valence-electron chi connectivity index (χ0n) is 16.5. The topological polar surface area (TPSA) is 75.4 Å². The standard InChI is InChI=1S/C21H19ClF4N2O3/c1-19(2,14-7-12(23)3-4-17(14)29)10-20(31,21(24,25)26)11-28-9-15(22)18(30)13-8-27-6-5-16(13)28/h3-9,29,31H,10-11H2,1-2H3. The minimum Gasteiger partial charge on any atom is -0.508 e. The van der Waals surface area contributed by atoms with Crippen molar-refractivity contribution < 1.29 is 27.8 Å². The molecule has 2 heterocycles. The van der Waals surface area contributed by atoms with Gasteiger partial charge in [-0.25, -0.2) is 4.39 Å². The monoisotopic (exact) mass is 458 g/mol. The van der Waals surface area contributed by atoms with Crippen molar-refractivity contribution in [1.82, 2.24) is 9.55 Å². The molecule has 0 aliphatic carbocycles. The summed E-state index contributed by atoms with van der Waals surface area (Å²) in [5.41, 5.74) is -5.34. The van der Waals surface area contributed by atoms with E-state index in [-0.39, 0.29) is 27.2 Å². The third-order valence-corrected chi connectivity index (χ3v) is 5.49. The largest absolute Gasteiger partial charge is 0.508 e. The highest BCUT2D eigenvalue weighted by atomic mass is 35.5. The van der Waals surface area contributed by atoms with Crippen LogP contribution in [0.25, 0.3) is 10.9 Å². The van der Waals surface area contributed by atoms with Gasteiger partial charge in [-0.1, -0.05) is 25.4 Å². The minimum absolute atomic E-state index is 0.00144. The molecular formula is C21H19ClF4N2O3. The molecule has 0 fully saturated rings. The van der Waals surface area contributed by atoms with E-state index in [1.807, 2.05) is 0 Å². The Morgan fingerprint density at radius 1 is 1.19 bits per heavy atom. The summed E-state index contributed by atoms with van der Waals surface area (Å²) in [5, 5.41) is 20.6. The van der Waals surface area contributed by atoms with Crippen molar-refractivity contribution in [3.8, 4) is 5.75 Å². The lowest BCUT2D eigenvalue weighted by Gasteiger charge is -2.38. The summed E-state index contributed by atoms with van der Waals surface area (Å²) < 4.78 is 57.0. The van der Waals surface area contributed by atoms with Crippen molar-refractivity contribution in [2.75, 3.05) is 0 Å². The van der Waals surface area contributed by atoms with E-state index in [0.29, 0.717) is 0 Å². The quantitative estimate of drug-likeness (QED) is 0.550. The predicted molar refractivity (Wildman–Crippen MR) is 108 cm³/mol. The van der Waals surface area contributed by atoms with E-state index in [1.54, 1.807) is 0 Å². The number of benzene rings is 1. The molecule has 1 unspecified atom stereocenters. The van der Waals surface area contributed by atoms with Gasteiger partial charge in [0.1, 0.15) is 16.6 Å². The fourth-order valence-corrected chi connectivity index (χ4v) is 3.96. The van der Waals surface area contributed by atoms with Crippen molar-refractivity contribution in [3.63, 3.8) is 0 Å². The maximum atomic E-state index is 14.1. The normalized spacial score (nSPS) is 14.6. The van der Waals surface area contributed by atoms with E-state index >= 15 is 0 Å². The van der Waals surface area contributed by atoms with Crippen LogP contribution in [0.15, 0.2) is 47.7 Å². The summed E-state index contributed by atoms with van der Waals surface area (Å²) in [7, 11) is 0. The van der Waals surface area contributed by atoms with Gasteiger partial charge in [0.25, 0.3) is 0 Å². The lowest BCUT2D eigenvalue weighted by molar-refractivity contribution is -0.271. The number of phenolic OH excluding ortho intramolecular Hbond substituents is 1. The maximum absolute atomic E-state index is 14.1. The summed E-state index contributed by atoms with van der Waals surface area (Å²) in [6, 6.07) is 4.30. The van der Waals surface area contributed by atoms with Crippen LogP contribution in [0.4, 0.5) is 17.6 Å².